The maximum atomic E-state index is 13.5. The number of carbonyl (C=O) groups is 1. The number of hydrogen-bond donors (Lipinski definition) is 1. The molecule has 2 aliphatic rings. The quantitative estimate of drug-likeness (QED) is 0.882. The number of rotatable bonds is 2. The Kier molecular flexibility index (Phi) is 2.93. The molecule has 2 atom stereocenters. The minimum absolute atomic E-state index is 0.0482. The molecule has 2 nitrogen and oxygen atoms in total. The van der Waals surface area contributed by atoms with E-state index in [1.54, 1.807) is 6.07 Å². The van der Waals surface area contributed by atoms with Gasteiger partial charge in [0.1, 0.15) is 5.82 Å². The van der Waals surface area contributed by atoms with E-state index in [0.29, 0.717) is 10.2 Å². The van der Waals surface area contributed by atoms with Crippen LogP contribution in [-0.4, -0.2) is 5.91 Å². The minimum Gasteiger partial charge on any atom is -0.326 e. The maximum Gasteiger partial charge on any atom is 0.227 e. The fourth-order valence-electron chi connectivity index (χ4n) is 2.94. The third-order valence-electron chi connectivity index (χ3n) is 4.14. The maximum absolute atomic E-state index is 13.5. The standard InChI is InChI=1S/C14H15BrFNO/c1-7-2-11(15)12(16)6-13(7)17-14(18)10-4-8-3-9(8)5-10/h2,6,8-10H,3-5H2,1H3,(H,17,18). The normalized spacial score (nSPS) is 28.9. The van der Waals surface area contributed by atoms with Crippen LogP contribution >= 0.6 is 15.9 Å². The van der Waals surface area contributed by atoms with Gasteiger partial charge in [0.25, 0.3) is 0 Å². The van der Waals surface area contributed by atoms with Crippen molar-refractivity contribution in [2.75, 3.05) is 5.32 Å². The number of nitrogens with one attached hydrogen (secondary N) is 1. The predicted octanol–water partition coefficient (Wildman–Crippen LogP) is 3.88. The van der Waals surface area contributed by atoms with Gasteiger partial charge in [0.05, 0.1) is 4.47 Å². The van der Waals surface area contributed by atoms with Crippen molar-refractivity contribution in [3.8, 4) is 0 Å². The molecule has 1 aromatic rings. The van der Waals surface area contributed by atoms with Crippen molar-refractivity contribution >= 4 is 27.5 Å². The molecule has 1 amide bonds. The Labute approximate surface area is 114 Å². The Morgan fingerprint density at radius 3 is 2.67 bits per heavy atom. The van der Waals surface area contributed by atoms with E-state index in [0.717, 1.165) is 30.2 Å². The molecular formula is C14H15BrFNO. The van der Waals surface area contributed by atoms with E-state index in [9.17, 15) is 9.18 Å². The summed E-state index contributed by atoms with van der Waals surface area (Å²) in [7, 11) is 0. The van der Waals surface area contributed by atoms with Gasteiger partial charge < -0.3 is 5.32 Å². The number of carbonyl (C=O) groups excluding carboxylic acids is 1. The van der Waals surface area contributed by atoms with Crippen molar-refractivity contribution in [1.82, 2.24) is 0 Å². The molecule has 2 aliphatic carbocycles. The molecule has 0 saturated heterocycles. The first-order valence-corrected chi connectivity index (χ1v) is 7.10. The van der Waals surface area contributed by atoms with Crippen LogP contribution in [0.1, 0.15) is 24.8 Å². The van der Waals surface area contributed by atoms with E-state index in [-0.39, 0.29) is 17.6 Å². The number of halogens is 2. The Balaban J connectivity index is 1.72. The summed E-state index contributed by atoms with van der Waals surface area (Å²) >= 11 is 3.14. The van der Waals surface area contributed by atoms with Gasteiger partial charge in [-0.15, -0.1) is 0 Å². The second kappa shape index (κ2) is 4.34. The summed E-state index contributed by atoms with van der Waals surface area (Å²) in [5.41, 5.74) is 1.46. The largest absolute Gasteiger partial charge is 0.326 e. The molecule has 0 radical (unpaired) electrons. The molecule has 3 rings (SSSR count). The van der Waals surface area contributed by atoms with Crippen LogP contribution in [-0.2, 0) is 4.79 Å². The number of hydrogen-bond acceptors (Lipinski definition) is 1. The predicted molar refractivity (Wildman–Crippen MR) is 71.8 cm³/mol. The lowest BCUT2D eigenvalue weighted by Crippen LogP contribution is -2.22. The Bertz CT molecular complexity index is 507. The fourth-order valence-corrected chi connectivity index (χ4v) is 3.40. The number of aryl methyl sites for hydroxylation is 1. The van der Waals surface area contributed by atoms with Crippen LogP contribution in [0.25, 0.3) is 0 Å². The fraction of sp³-hybridized carbons (Fsp3) is 0.500. The molecule has 0 heterocycles. The molecule has 0 aliphatic heterocycles. The van der Waals surface area contributed by atoms with Gasteiger partial charge in [0.15, 0.2) is 0 Å². The van der Waals surface area contributed by atoms with Crippen molar-refractivity contribution < 1.29 is 9.18 Å². The van der Waals surface area contributed by atoms with Crippen molar-refractivity contribution in [2.24, 2.45) is 17.8 Å². The molecule has 2 saturated carbocycles. The van der Waals surface area contributed by atoms with Gasteiger partial charge >= 0.3 is 0 Å². The molecule has 2 fully saturated rings. The molecule has 0 spiro atoms. The monoisotopic (exact) mass is 311 g/mol. The molecule has 96 valence electrons. The third-order valence-corrected chi connectivity index (χ3v) is 4.75. The summed E-state index contributed by atoms with van der Waals surface area (Å²) in [5, 5.41) is 2.86. The smallest absolute Gasteiger partial charge is 0.227 e. The lowest BCUT2D eigenvalue weighted by Gasteiger charge is -2.14. The first kappa shape index (κ1) is 12.2. The van der Waals surface area contributed by atoms with E-state index >= 15 is 0 Å². The number of anilines is 1. The summed E-state index contributed by atoms with van der Waals surface area (Å²) in [6.07, 6.45) is 3.32. The zero-order valence-corrected chi connectivity index (χ0v) is 11.8. The van der Waals surface area contributed by atoms with Gasteiger partial charge in [-0.2, -0.15) is 0 Å². The highest BCUT2D eigenvalue weighted by atomic mass is 79.9. The summed E-state index contributed by atoms with van der Waals surface area (Å²) in [6, 6.07) is 3.07. The molecular weight excluding hydrogens is 297 g/mol. The third kappa shape index (κ3) is 2.18. The van der Waals surface area contributed by atoms with Crippen molar-refractivity contribution in [1.29, 1.82) is 0 Å². The Hall–Kier alpha value is -0.900. The van der Waals surface area contributed by atoms with Crippen molar-refractivity contribution in [3.63, 3.8) is 0 Å². The topological polar surface area (TPSA) is 29.1 Å². The minimum atomic E-state index is -0.342. The summed E-state index contributed by atoms with van der Waals surface area (Å²) in [4.78, 5) is 12.1. The molecule has 4 heteroatoms. The first-order valence-electron chi connectivity index (χ1n) is 6.31. The highest BCUT2D eigenvalue weighted by Crippen LogP contribution is 2.54. The van der Waals surface area contributed by atoms with Crippen LogP contribution in [0.2, 0.25) is 0 Å². The zero-order valence-electron chi connectivity index (χ0n) is 10.2. The van der Waals surface area contributed by atoms with Crippen LogP contribution in [0.4, 0.5) is 10.1 Å². The van der Waals surface area contributed by atoms with Gasteiger partial charge in [-0.3, -0.25) is 4.79 Å². The average molecular weight is 312 g/mol. The lowest BCUT2D eigenvalue weighted by atomic mass is 10.0. The number of fused-ring (bicyclic) bond motifs is 1. The second-order valence-electron chi connectivity index (χ2n) is 5.49. The van der Waals surface area contributed by atoms with Crippen LogP contribution < -0.4 is 5.32 Å². The van der Waals surface area contributed by atoms with Crippen LogP contribution in [0.5, 0.6) is 0 Å². The highest BCUT2D eigenvalue weighted by molar-refractivity contribution is 9.10. The van der Waals surface area contributed by atoms with Gasteiger partial charge in [-0.05, 0) is 71.6 Å². The lowest BCUT2D eigenvalue weighted by molar-refractivity contribution is -0.120. The Morgan fingerprint density at radius 2 is 2.00 bits per heavy atom. The number of amides is 1. The van der Waals surface area contributed by atoms with Gasteiger partial charge in [0, 0.05) is 11.6 Å². The summed E-state index contributed by atoms with van der Waals surface area (Å²) in [6.45, 7) is 1.87. The van der Waals surface area contributed by atoms with Crippen LogP contribution in [0.15, 0.2) is 16.6 Å². The Morgan fingerprint density at radius 1 is 1.33 bits per heavy atom. The van der Waals surface area contributed by atoms with Crippen molar-refractivity contribution in [2.45, 2.75) is 26.2 Å². The van der Waals surface area contributed by atoms with Gasteiger partial charge in [0.2, 0.25) is 5.91 Å². The molecule has 1 aromatic carbocycles. The van der Waals surface area contributed by atoms with E-state index in [4.69, 9.17) is 0 Å². The SMILES string of the molecule is Cc1cc(Br)c(F)cc1NC(=O)C1CC2CC2C1. The van der Waals surface area contributed by atoms with E-state index in [1.807, 2.05) is 6.92 Å². The first-order chi connectivity index (χ1) is 8.54. The molecule has 0 aromatic heterocycles. The van der Waals surface area contributed by atoms with Crippen molar-refractivity contribution in [3.05, 3.63) is 28.0 Å². The molecule has 1 N–H and O–H groups in total. The molecule has 18 heavy (non-hydrogen) atoms. The van der Waals surface area contributed by atoms with Gasteiger partial charge in [-0.1, -0.05) is 0 Å². The summed E-state index contributed by atoms with van der Waals surface area (Å²) in [5.74, 6) is 1.39. The second-order valence-corrected chi connectivity index (χ2v) is 6.35. The molecule has 2 unspecified atom stereocenters. The molecule has 0 bridgehead atoms. The van der Waals surface area contributed by atoms with E-state index in [2.05, 4.69) is 21.2 Å². The van der Waals surface area contributed by atoms with E-state index < -0.39 is 0 Å². The number of benzene rings is 1. The van der Waals surface area contributed by atoms with Gasteiger partial charge in [-0.25, -0.2) is 4.39 Å². The van der Waals surface area contributed by atoms with E-state index in [1.165, 1.54) is 12.5 Å². The highest BCUT2D eigenvalue weighted by Gasteiger charge is 2.48. The van der Waals surface area contributed by atoms with Crippen LogP contribution in [0, 0.1) is 30.5 Å². The average Bonchev–Trinajstić information content (AvgIpc) is 2.93. The van der Waals surface area contributed by atoms with Crippen LogP contribution in [0.3, 0.4) is 0 Å². The zero-order chi connectivity index (χ0) is 12.9. The summed E-state index contributed by atoms with van der Waals surface area (Å²) < 4.78 is 13.9.